The van der Waals surface area contributed by atoms with Gasteiger partial charge in [0.2, 0.25) is 0 Å². The predicted molar refractivity (Wildman–Crippen MR) is 157 cm³/mol. The van der Waals surface area contributed by atoms with Crippen molar-refractivity contribution in [2.24, 2.45) is 11.8 Å². The summed E-state index contributed by atoms with van der Waals surface area (Å²) >= 11 is 0. The summed E-state index contributed by atoms with van der Waals surface area (Å²) in [6, 6.07) is 20.0. The van der Waals surface area contributed by atoms with Crippen LogP contribution < -0.4 is 0 Å². The van der Waals surface area contributed by atoms with Crippen molar-refractivity contribution in [3.05, 3.63) is 71.8 Å². The van der Waals surface area contributed by atoms with Crippen LogP contribution in [0.15, 0.2) is 60.7 Å². The Kier molecular flexibility index (Phi) is 9.27. The second-order valence-corrected chi connectivity index (χ2v) is 13.0. The fourth-order valence-corrected chi connectivity index (χ4v) is 7.44. The molecule has 2 saturated heterocycles. The molecule has 0 amide bonds. The van der Waals surface area contributed by atoms with Crippen LogP contribution in [-0.4, -0.2) is 87.5 Å². The van der Waals surface area contributed by atoms with Crippen molar-refractivity contribution in [1.29, 1.82) is 0 Å². The maximum atomic E-state index is 13.8. The van der Waals surface area contributed by atoms with Crippen molar-refractivity contribution in [3.63, 3.8) is 0 Å². The highest BCUT2D eigenvalue weighted by atomic mass is 16.5. The van der Waals surface area contributed by atoms with Crippen molar-refractivity contribution < 1.29 is 28.0 Å². The number of benzene rings is 2. The first-order valence-electron chi connectivity index (χ1n) is 15.5. The van der Waals surface area contributed by atoms with E-state index >= 15 is 0 Å². The molecule has 3 fully saturated rings. The predicted octanol–water partition coefficient (Wildman–Crippen LogP) is 5.15. The summed E-state index contributed by atoms with van der Waals surface area (Å²) in [6.45, 7) is 7.09. The van der Waals surface area contributed by atoms with Gasteiger partial charge in [-0.05, 0) is 49.7 Å². The molecule has 5 rings (SSSR count). The molecule has 0 spiro atoms. The molecule has 2 aromatic carbocycles. The molecule has 3 aliphatic rings. The molecule has 2 heterocycles. The van der Waals surface area contributed by atoms with E-state index in [1.165, 1.54) is 38.5 Å². The van der Waals surface area contributed by atoms with Crippen molar-refractivity contribution in [2.75, 3.05) is 66.6 Å². The minimum atomic E-state index is -0.416. The fraction of sp³-hybridized carbons (Fsp3) is 0.588. The van der Waals surface area contributed by atoms with Gasteiger partial charge in [-0.1, -0.05) is 60.7 Å². The van der Waals surface area contributed by atoms with E-state index in [0.29, 0.717) is 13.2 Å². The molecule has 0 bridgehead atoms. The summed E-state index contributed by atoms with van der Waals surface area (Å²) in [5.41, 5.74) is 2.01. The monoisotopic (exact) mass is 548 g/mol. The lowest BCUT2D eigenvalue weighted by Crippen LogP contribution is -2.54. The van der Waals surface area contributed by atoms with Gasteiger partial charge >= 0.3 is 11.9 Å². The second kappa shape index (κ2) is 12.9. The summed E-state index contributed by atoms with van der Waals surface area (Å²) in [6.07, 6.45) is 7.54. The number of likely N-dealkylation sites (N-methyl/N-ethyl adjacent to an activating group) is 2. The maximum Gasteiger partial charge on any atom is 0.310 e. The summed E-state index contributed by atoms with van der Waals surface area (Å²) in [5, 5.41) is 0. The molecule has 0 unspecified atom stereocenters. The largest absolute Gasteiger partial charge is 0.459 e. The Morgan fingerprint density at radius 1 is 0.600 bits per heavy atom. The van der Waals surface area contributed by atoms with Gasteiger partial charge in [0.1, 0.15) is 26.3 Å². The summed E-state index contributed by atoms with van der Waals surface area (Å²) in [5.74, 6) is -1.73. The highest BCUT2D eigenvalue weighted by Crippen LogP contribution is 2.58. The minimum absolute atomic E-state index is 0.193. The van der Waals surface area contributed by atoms with Gasteiger partial charge in [-0.3, -0.25) is 9.59 Å². The van der Waals surface area contributed by atoms with E-state index in [1.54, 1.807) is 0 Å². The topological polar surface area (TPSA) is 52.6 Å². The van der Waals surface area contributed by atoms with Gasteiger partial charge in [0, 0.05) is 11.8 Å². The first kappa shape index (κ1) is 28.8. The highest BCUT2D eigenvalue weighted by molar-refractivity contribution is 5.85. The normalized spacial score (nSPS) is 27.2. The fourth-order valence-electron chi connectivity index (χ4n) is 7.44. The third kappa shape index (κ3) is 6.60. The Labute approximate surface area is 240 Å². The first-order valence-corrected chi connectivity index (χ1v) is 15.5. The van der Waals surface area contributed by atoms with Crippen LogP contribution in [0.4, 0.5) is 0 Å². The standard InChI is InChI=1S/C34H48N2O4/c1-35(19-11-5-12-20-35)23-25-39-33(37)31-29(27-15-7-3-8-16-27)32(30(31)28-17-9-4-10-18-28)34(38)40-26-24-36(2)21-13-6-14-22-36/h3-4,7-10,15-18,29-32H,5-6,11-14,19-26H2,1-2H3/q+2. The van der Waals surface area contributed by atoms with Crippen LogP contribution in [0.5, 0.6) is 0 Å². The van der Waals surface area contributed by atoms with Crippen LogP contribution in [0.1, 0.15) is 61.5 Å². The minimum Gasteiger partial charge on any atom is -0.459 e. The number of rotatable bonds is 10. The number of carbonyl (C=O) groups is 2. The van der Waals surface area contributed by atoms with E-state index in [-0.39, 0.29) is 23.8 Å². The number of likely N-dealkylation sites (tertiary alicyclic amines) is 2. The molecule has 1 aliphatic carbocycles. The average molecular weight is 549 g/mol. The SMILES string of the molecule is C[N+]1(CCOC(=O)C2C(c3ccccc3)C(C(=O)OCC[N+]3(C)CCCCC3)C2c2ccccc2)CCCCC1. The Bertz CT molecular complexity index is 1010. The lowest BCUT2D eigenvalue weighted by Gasteiger charge is -2.49. The molecule has 40 heavy (non-hydrogen) atoms. The van der Waals surface area contributed by atoms with Crippen LogP contribution in [0.3, 0.4) is 0 Å². The number of nitrogens with zero attached hydrogens (tertiary/aromatic N) is 2. The van der Waals surface area contributed by atoms with Gasteiger partial charge in [0.15, 0.2) is 0 Å². The molecule has 0 radical (unpaired) electrons. The Morgan fingerprint density at radius 2 is 0.950 bits per heavy atom. The van der Waals surface area contributed by atoms with Crippen LogP contribution >= 0.6 is 0 Å². The smallest absolute Gasteiger partial charge is 0.310 e. The second-order valence-electron chi connectivity index (χ2n) is 13.0. The summed E-state index contributed by atoms with van der Waals surface area (Å²) in [4.78, 5) is 27.6. The Balaban J connectivity index is 1.33. The van der Waals surface area contributed by atoms with Gasteiger partial charge in [-0.15, -0.1) is 0 Å². The number of ether oxygens (including phenoxy) is 2. The highest BCUT2D eigenvalue weighted by Gasteiger charge is 2.59. The lowest BCUT2D eigenvalue weighted by atomic mass is 9.52. The van der Waals surface area contributed by atoms with E-state index in [4.69, 9.17) is 9.47 Å². The average Bonchev–Trinajstić information content (AvgIpc) is 2.94. The number of esters is 2. The van der Waals surface area contributed by atoms with E-state index in [1.807, 2.05) is 60.7 Å². The van der Waals surface area contributed by atoms with Crippen LogP contribution in [0, 0.1) is 11.8 Å². The van der Waals surface area contributed by atoms with Crippen LogP contribution in [0.2, 0.25) is 0 Å². The summed E-state index contributed by atoms with van der Waals surface area (Å²) in [7, 11) is 4.54. The van der Waals surface area contributed by atoms with E-state index in [2.05, 4.69) is 14.1 Å². The van der Waals surface area contributed by atoms with Crippen LogP contribution in [-0.2, 0) is 19.1 Å². The van der Waals surface area contributed by atoms with Crippen LogP contribution in [0.25, 0.3) is 0 Å². The number of piperidine rings is 2. The zero-order chi connectivity index (χ0) is 28.0. The molecule has 216 valence electrons. The molecule has 0 atom stereocenters. The van der Waals surface area contributed by atoms with Gasteiger partial charge in [-0.25, -0.2) is 0 Å². The number of hydrogen-bond acceptors (Lipinski definition) is 4. The molecule has 6 heteroatoms. The molecule has 1 saturated carbocycles. The van der Waals surface area contributed by atoms with E-state index < -0.39 is 11.8 Å². The molecule has 2 aliphatic heterocycles. The molecular formula is C34H48N2O4+2. The molecule has 0 N–H and O–H groups in total. The third-order valence-corrected chi connectivity index (χ3v) is 10.0. The number of carbonyl (C=O) groups excluding carboxylic acids is 2. The van der Waals surface area contributed by atoms with E-state index in [0.717, 1.165) is 59.4 Å². The zero-order valence-electron chi connectivity index (χ0n) is 24.5. The van der Waals surface area contributed by atoms with Gasteiger partial charge in [-0.2, -0.15) is 0 Å². The van der Waals surface area contributed by atoms with Gasteiger partial charge in [0.25, 0.3) is 0 Å². The van der Waals surface area contributed by atoms with Crippen molar-refractivity contribution >= 4 is 11.9 Å². The maximum absolute atomic E-state index is 13.8. The first-order chi connectivity index (χ1) is 19.4. The lowest BCUT2D eigenvalue weighted by molar-refractivity contribution is -0.914. The quantitative estimate of drug-likeness (QED) is 0.305. The molecular weight excluding hydrogens is 500 g/mol. The van der Waals surface area contributed by atoms with Gasteiger partial charge in [0.05, 0.1) is 52.1 Å². The molecule has 0 aromatic heterocycles. The zero-order valence-corrected chi connectivity index (χ0v) is 24.5. The Hall–Kier alpha value is -2.70. The van der Waals surface area contributed by atoms with Gasteiger partial charge < -0.3 is 18.4 Å². The molecule has 2 aromatic rings. The molecule has 6 nitrogen and oxygen atoms in total. The van der Waals surface area contributed by atoms with Crippen molar-refractivity contribution in [2.45, 2.75) is 50.4 Å². The summed E-state index contributed by atoms with van der Waals surface area (Å²) < 4.78 is 14.0. The number of hydrogen-bond donors (Lipinski definition) is 0. The van der Waals surface area contributed by atoms with E-state index in [9.17, 15) is 9.59 Å². The van der Waals surface area contributed by atoms with Crippen molar-refractivity contribution in [3.8, 4) is 0 Å². The van der Waals surface area contributed by atoms with Crippen molar-refractivity contribution in [1.82, 2.24) is 0 Å². The third-order valence-electron chi connectivity index (χ3n) is 10.0. The number of quaternary nitrogens is 2. The Morgan fingerprint density at radius 3 is 1.30 bits per heavy atom.